The molecule has 0 rings (SSSR count). The molecule has 2 heteroatoms. The summed E-state index contributed by atoms with van der Waals surface area (Å²) in [6.07, 6.45) is 2.64. The van der Waals surface area contributed by atoms with Crippen molar-refractivity contribution < 1.29 is 4.74 Å². The van der Waals surface area contributed by atoms with Crippen LogP contribution in [-0.4, -0.2) is 32.1 Å². The van der Waals surface area contributed by atoms with Crippen molar-refractivity contribution in [3.63, 3.8) is 0 Å². The fourth-order valence-electron chi connectivity index (χ4n) is 0.902. The van der Waals surface area contributed by atoms with Gasteiger partial charge >= 0.3 is 68.9 Å². The van der Waals surface area contributed by atoms with E-state index in [1.54, 1.807) is 7.11 Å². The molecule has 10 heavy (non-hydrogen) atoms. The van der Waals surface area contributed by atoms with Crippen LogP contribution in [0.5, 0.6) is 0 Å². The minimum atomic E-state index is -1.41. The molecule has 0 amide bonds. The van der Waals surface area contributed by atoms with Crippen LogP contribution in [0.25, 0.3) is 0 Å². The van der Waals surface area contributed by atoms with Crippen LogP contribution in [-0.2, 0) is 4.74 Å². The van der Waals surface area contributed by atoms with Gasteiger partial charge in [-0.25, -0.2) is 0 Å². The zero-order valence-corrected chi connectivity index (χ0v) is 10.6. The Hall–Kier alpha value is 0.759. The molecule has 0 aromatic rings. The summed E-state index contributed by atoms with van der Waals surface area (Å²) in [5.74, 6) is 0. The minimum absolute atomic E-state index is 0.946. The quantitative estimate of drug-likeness (QED) is 0.539. The molecule has 0 aromatic heterocycles. The van der Waals surface area contributed by atoms with Crippen LogP contribution >= 0.6 is 0 Å². The van der Waals surface area contributed by atoms with Gasteiger partial charge in [0.2, 0.25) is 0 Å². The standard InChI is InChI=1S/C5H11O.3CH3.Sn/c1-3-4-5-6-2;;;;/h1,3-5H2,2H3;3*1H3;. The molecule has 0 atom stereocenters. The summed E-state index contributed by atoms with van der Waals surface area (Å²) >= 11 is -1.41. The van der Waals surface area contributed by atoms with Gasteiger partial charge in [0.05, 0.1) is 0 Å². The van der Waals surface area contributed by atoms with Crippen LogP contribution in [0.3, 0.4) is 0 Å². The molecule has 0 bridgehead atoms. The van der Waals surface area contributed by atoms with Gasteiger partial charge < -0.3 is 0 Å². The summed E-state index contributed by atoms with van der Waals surface area (Å²) in [5, 5.41) is 0. The molecule has 0 radical (unpaired) electrons. The van der Waals surface area contributed by atoms with Crippen molar-refractivity contribution in [1.29, 1.82) is 0 Å². The van der Waals surface area contributed by atoms with E-state index in [0.717, 1.165) is 6.61 Å². The molecule has 0 heterocycles. The van der Waals surface area contributed by atoms with Crippen molar-refractivity contribution in [3.05, 3.63) is 0 Å². The fraction of sp³-hybridized carbons (Fsp3) is 1.00. The molecule has 0 aliphatic carbocycles. The van der Waals surface area contributed by atoms with Gasteiger partial charge in [-0.1, -0.05) is 0 Å². The van der Waals surface area contributed by atoms with E-state index in [1.165, 1.54) is 17.3 Å². The molecule has 0 fully saturated rings. The van der Waals surface area contributed by atoms with Gasteiger partial charge in [-0.15, -0.1) is 0 Å². The van der Waals surface area contributed by atoms with Gasteiger partial charge in [0, 0.05) is 0 Å². The monoisotopic (exact) mass is 252 g/mol. The molecule has 0 saturated heterocycles. The van der Waals surface area contributed by atoms with E-state index < -0.39 is 18.4 Å². The number of hydrogen-bond donors (Lipinski definition) is 0. The van der Waals surface area contributed by atoms with E-state index in [1.807, 2.05) is 0 Å². The second-order valence-electron chi connectivity index (χ2n) is 4.01. The Labute approximate surface area is 69.0 Å². The first kappa shape index (κ1) is 10.8. The van der Waals surface area contributed by atoms with Gasteiger partial charge in [-0.05, 0) is 0 Å². The van der Waals surface area contributed by atoms with Crippen LogP contribution in [0.1, 0.15) is 12.8 Å². The van der Waals surface area contributed by atoms with Gasteiger partial charge in [0.25, 0.3) is 0 Å². The molecule has 0 aromatic carbocycles. The van der Waals surface area contributed by atoms with E-state index in [4.69, 9.17) is 4.74 Å². The van der Waals surface area contributed by atoms with Crippen LogP contribution < -0.4 is 0 Å². The van der Waals surface area contributed by atoms with E-state index in [-0.39, 0.29) is 0 Å². The van der Waals surface area contributed by atoms with Crippen LogP contribution in [0.4, 0.5) is 0 Å². The van der Waals surface area contributed by atoms with Crippen molar-refractivity contribution in [2.24, 2.45) is 0 Å². The number of rotatable bonds is 5. The summed E-state index contributed by atoms with van der Waals surface area (Å²) in [7, 11) is 1.78. The zero-order valence-electron chi connectivity index (χ0n) is 7.74. The predicted octanol–water partition coefficient (Wildman–Crippen LogP) is 2.75. The van der Waals surface area contributed by atoms with E-state index >= 15 is 0 Å². The molecule has 0 N–H and O–H groups in total. The Balaban J connectivity index is 3.04. The van der Waals surface area contributed by atoms with E-state index in [9.17, 15) is 0 Å². The molecular formula is C8H20OSn. The maximum atomic E-state index is 4.98. The summed E-state index contributed by atoms with van der Waals surface area (Å²) in [6.45, 7) is 0.946. The third-order valence-corrected chi connectivity index (χ3v) is 6.82. The number of methoxy groups -OCH3 is 1. The first-order chi connectivity index (χ1) is 4.56. The van der Waals surface area contributed by atoms with Crippen LogP contribution in [0.15, 0.2) is 0 Å². The normalized spacial score (nSPS) is 12.0. The topological polar surface area (TPSA) is 9.23 Å². The van der Waals surface area contributed by atoms with Crippen molar-refractivity contribution in [2.75, 3.05) is 13.7 Å². The predicted molar refractivity (Wildman–Crippen MR) is 49.3 cm³/mol. The third-order valence-electron chi connectivity index (χ3n) is 1.53. The third kappa shape index (κ3) is 8.76. The first-order valence-corrected chi connectivity index (χ1v) is 14.6. The average Bonchev–Trinajstić information content (AvgIpc) is 1.78. The van der Waals surface area contributed by atoms with Crippen molar-refractivity contribution >= 4 is 18.4 Å². The molecule has 0 saturated carbocycles. The van der Waals surface area contributed by atoms with E-state index in [0.29, 0.717) is 0 Å². The fourth-order valence-corrected chi connectivity index (χ4v) is 4.64. The zero-order chi connectivity index (χ0) is 8.04. The molecule has 1 nitrogen and oxygen atoms in total. The van der Waals surface area contributed by atoms with Crippen LogP contribution in [0, 0.1) is 0 Å². The second-order valence-corrected chi connectivity index (χ2v) is 20.1. The molecule has 0 spiro atoms. The molecule has 0 aliphatic heterocycles. The van der Waals surface area contributed by atoms with Crippen LogP contribution in [0.2, 0.25) is 19.3 Å². The van der Waals surface area contributed by atoms with Gasteiger partial charge in [-0.3, -0.25) is 0 Å². The molecule has 62 valence electrons. The molecule has 0 unspecified atom stereocenters. The Kier molecular flexibility index (Phi) is 5.83. The number of ether oxygens (including phenoxy) is 1. The maximum absolute atomic E-state index is 4.98. The van der Waals surface area contributed by atoms with Gasteiger partial charge in [0.15, 0.2) is 0 Å². The Morgan fingerprint density at radius 1 is 1.10 bits per heavy atom. The molecule has 0 aliphatic rings. The second kappa shape index (κ2) is 5.41. The van der Waals surface area contributed by atoms with Crippen molar-refractivity contribution in [1.82, 2.24) is 0 Å². The Morgan fingerprint density at radius 3 is 2.10 bits per heavy atom. The summed E-state index contributed by atoms with van der Waals surface area (Å²) in [5.41, 5.74) is 0. The van der Waals surface area contributed by atoms with E-state index in [2.05, 4.69) is 14.8 Å². The van der Waals surface area contributed by atoms with Gasteiger partial charge in [-0.2, -0.15) is 0 Å². The van der Waals surface area contributed by atoms with Crippen molar-refractivity contribution in [3.8, 4) is 0 Å². The summed E-state index contributed by atoms with van der Waals surface area (Å²) in [4.78, 5) is 7.46. The summed E-state index contributed by atoms with van der Waals surface area (Å²) in [6, 6.07) is 0. The Bertz CT molecular complexity index is 75.8. The first-order valence-electron chi connectivity index (χ1n) is 4.05. The summed E-state index contributed by atoms with van der Waals surface area (Å²) < 4.78 is 6.49. The molecular weight excluding hydrogens is 231 g/mol. The number of hydrogen-bond acceptors (Lipinski definition) is 1. The average molecular weight is 251 g/mol. The Morgan fingerprint density at radius 2 is 1.70 bits per heavy atom. The van der Waals surface area contributed by atoms with Crippen molar-refractivity contribution in [2.45, 2.75) is 32.1 Å². The SMILES string of the molecule is COCCC[CH2][Sn]([CH3])([CH3])[CH3]. The van der Waals surface area contributed by atoms with Gasteiger partial charge in [0.1, 0.15) is 0 Å². The number of unbranched alkanes of at least 4 members (excludes halogenated alkanes) is 1.